The van der Waals surface area contributed by atoms with E-state index in [1.807, 2.05) is 12.1 Å². The first-order chi connectivity index (χ1) is 9.79. The predicted octanol–water partition coefficient (Wildman–Crippen LogP) is 2.15. The first-order valence-corrected chi connectivity index (χ1v) is 6.30. The maximum atomic E-state index is 13.3. The van der Waals surface area contributed by atoms with E-state index in [4.69, 9.17) is 10.5 Å². The third kappa shape index (κ3) is 4.08. The minimum absolute atomic E-state index is 0.258. The van der Waals surface area contributed by atoms with Crippen LogP contribution in [0.25, 0.3) is 0 Å². The lowest BCUT2D eigenvalue weighted by atomic mass is 10.2. The summed E-state index contributed by atoms with van der Waals surface area (Å²) in [7, 11) is 0. The van der Waals surface area contributed by atoms with Crippen LogP contribution >= 0.6 is 0 Å². The molecule has 2 aromatic rings. The number of rotatable bonds is 4. The topological polar surface area (TPSA) is 48.1 Å². The lowest BCUT2D eigenvalue weighted by molar-refractivity contribution is 0.319. The van der Waals surface area contributed by atoms with Gasteiger partial charge in [0.15, 0.2) is 0 Å². The predicted molar refractivity (Wildman–Crippen MR) is 75.8 cm³/mol. The molecular weight excluding hydrogens is 255 g/mol. The van der Waals surface area contributed by atoms with Crippen LogP contribution in [0.15, 0.2) is 42.7 Å². The third-order valence-electron chi connectivity index (χ3n) is 2.67. The second-order valence-electron chi connectivity index (χ2n) is 4.10. The fraction of sp³-hybridized carbons (Fsp3) is 0.188. The number of nitrogens with two attached hydrogens (primary N) is 1. The molecule has 2 rings (SSSR count). The summed E-state index contributed by atoms with van der Waals surface area (Å²) in [6.45, 7) is 0.707. The van der Waals surface area contributed by atoms with Gasteiger partial charge in [0.1, 0.15) is 11.6 Å². The van der Waals surface area contributed by atoms with E-state index in [0.717, 1.165) is 12.0 Å². The van der Waals surface area contributed by atoms with Gasteiger partial charge in [-0.25, -0.2) is 4.39 Å². The van der Waals surface area contributed by atoms with Crippen LogP contribution in [0.2, 0.25) is 0 Å². The highest BCUT2D eigenvalue weighted by atomic mass is 19.1. The van der Waals surface area contributed by atoms with Gasteiger partial charge < -0.3 is 10.5 Å². The molecule has 1 heterocycles. The molecule has 102 valence electrons. The van der Waals surface area contributed by atoms with E-state index < -0.39 is 0 Å². The molecule has 4 heteroatoms. The Kier molecular flexibility index (Phi) is 5.10. The van der Waals surface area contributed by atoms with Crippen molar-refractivity contribution < 1.29 is 9.13 Å². The third-order valence-corrected chi connectivity index (χ3v) is 2.67. The summed E-state index contributed by atoms with van der Waals surface area (Å²) in [5, 5.41) is 0. The Balaban J connectivity index is 2.03. The van der Waals surface area contributed by atoms with Crippen LogP contribution in [0.4, 0.5) is 4.39 Å². The number of halogens is 1. The van der Waals surface area contributed by atoms with Gasteiger partial charge in [0, 0.05) is 24.9 Å². The zero-order chi connectivity index (χ0) is 14.2. The van der Waals surface area contributed by atoms with Gasteiger partial charge in [-0.3, -0.25) is 4.98 Å². The van der Waals surface area contributed by atoms with Crippen LogP contribution in [-0.2, 0) is 6.42 Å². The first-order valence-electron chi connectivity index (χ1n) is 6.30. The van der Waals surface area contributed by atoms with Gasteiger partial charge in [0.25, 0.3) is 0 Å². The van der Waals surface area contributed by atoms with Gasteiger partial charge in [0.2, 0.25) is 0 Å². The lowest BCUT2D eigenvalue weighted by Crippen LogP contribution is -2.03. The van der Waals surface area contributed by atoms with E-state index in [0.29, 0.717) is 17.9 Å². The maximum Gasteiger partial charge on any atom is 0.137 e. The van der Waals surface area contributed by atoms with Crippen molar-refractivity contribution >= 4 is 0 Å². The summed E-state index contributed by atoms with van der Waals surface area (Å²) in [6, 6.07) is 8.14. The molecular formula is C16H15FN2O. The largest absolute Gasteiger partial charge is 0.492 e. The second kappa shape index (κ2) is 7.27. The Morgan fingerprint density at radius 3 is 2.75 bits per heavy atom. The van der Waals surface area contributed by atoms with Crippen LogP contribution < -0.4 is 10.5 Å². The molecule has 20 heavy (non-hydrogen) atoms. The fourth-order valence-electron chi connectivity index (χ4n) is 1.69. The van der Waals surface area contributed by atoms with Gasteiger partial charge >= 0.3 is 0 Å². The molecule has 0 fully saturated rings. The molecule has 1 aromatic carbocycles. The number of hydrogen-bond acceptors (Lipinski definition) is 3. The van der Waals surface area contributed by atoms with Crippen molar-refractivity contribution in [1.82, 2.24) is 4.98 Å². The molecule has 0 aliphatic carbocycles. The van der Waals surface area contributed by atoms with Crippen LogP contribution in [0, 0.1) is 17.7 Å². The van der Waals surface area contributed by atoms with E-state index in [1.165, 1.54) is 12.1 Å². The maximum absolute atomic E-state index is 13.3. The Labute approximate surface area is 117 Å². The average Bonchev–Trinajstić information content (AvgIpc) is 2.47. The van der Waals surface area contributed by atoms with Crippen molar-refractivity contribution in [2.75, 3.05) is 13.2 Å². The first kappa shape index (κ1) is 14.0. The van der Waals surface area contributed by atoms with Crippen LogP contribution in [0.1, 0.15) is 11.1 Å². The highest BCUT2D eigenvalue weighted by molar-refractivity contribution is 5.46. The molecule has 0 spiro atoms. The minimum atomic E-state index is -0.345. The van der Waals surface area contributed by atoms with E-state index >= 15 is 0 Å². The summed E-state index contributed by atoms with van der Waals surface area (Å²) in [5.74, 6) is 5.71. The molecule has 0 radical (unpaired) electrons. The monoisotopic (exact) mass is 270 g/mol. The zero-order valence-corrected chi connectivity index (χ0v) is 11.0. The van der Waals surface area contributed by atoms with Crippen molar-refractivity contribution in [2.45, 2.75) is 6.42 Å². The van der Waals surface area contributed by atoms with Gasteiger partial charge in [0.05, 0.1) is 18.7 Å². The van der Waals surface area contributed by atoms with Gasteiger partial charge in [-0.15, -0.1) is 0 Å². The lowest BCUT2D eigenvalue weighted by Gasteiger charge is -2.08. The van der Waals surface area contributed by atoms with Crippen molar-refractivity contribution in [3.8, 4) is 17.6 Å². The molecule has 0 amide bonds. The van der Waals surface area contributed by atoms with Crippen molar-refractivity contribution in [3.05, 3.63) is 59.7 Å². The number of pyridine rings is 1. The number of benzene rings is 1. The molecule has 0 atom stereocenters. The Bertz CT molecular complexity index is 617. The average molecular weight is 270 g/mol. The molecule has 0 bridgehead atoms. The summed E-state index contributed by atoms with van der Waals surface area (Å²) in [4.78, 5) is 3.95. The number of nitrogens with zero attached hydrogens (tertiary/aromatic N) is 1. The summed E-state index contributed by atoms with van der Waals surface area (Å²) in [5.41, 5.74) is 7.10. The van der Waals surface area contributed by atoms with E-state index in [2.05, 4.69) is 16.8 Å². The molecule has 0 aliphatic rings. The minimum Gasteiger partial charge on any atom is -0.492 e. The molecule has 0 aliphatic heterocycles. The summed E-state index contributed by atoms with van der Waals surface area (Å²) < 4.78 is 18.9. The smallest absolute Gasteiger partial charge is 0.137 e. The van der Waals surface area contributed by atoms with E-state index in [9.17, 15) is 4.39 Å². The van der Waals surface area contributed by atoms with E-state index in [-0.39, 0.29) is 12.4 Å². The molecule has 0 unspecified atom stereocenters. The number of aromatic nitrogens is 1. The number of hydrogen-bond donors (Lipinski definition) is 1. The van der Waals surface area contributed by atoms with Gasteiger partial charge in [-0.05, 0) is 29.8 Å². The van der Waals surface area contributed by atoms with Crippen molar-refractivity contribution in [2.24, 2.45) is 5.73 Å². The SMILES string of the molecule is NCC#Cc1ccc(F)cc1OCCc1ccncc1. The highest BCUT2D eigenvalue weighted by Crippen LogP contribution is 2.19. The fourth-order valence-corrected chi connectivity index (χ4v) is 1.69. The van der Waals surface area contributed by atoms with Gasteiger partial charge in [-0.1, -0.05) is 11.8 Å². The standard InChI is InChI=1S/C16H15FN2O/c17-15-4-3-14(2-1-8-18)16(12-15)20-11-7-13-5-9-19-10-6-13/h3-6,9-10,12H,7-8,11,18H2. The molecule has 3 nitrogen and oxygen atoms in total. The molecule has 0 saturated carbocycles. The second-order valence-corrected chi connectivity index (χ2v) is 4.10. The summed E-state index contributed by atoms with van der Waals surface area (Å²) >= 11 is 0. The highest BCUT2D eigenvalue weighted by Gasteiger charge is 2.03. The van der Waals surface area contributed by atoms with Crippen LogP contribution in [0.3, 0.4) is 0 Å². The molecule has 0 saturated heterocycles. The zero-order valence-electron chi connectivity index (χ0n) is 11.0. The van der Waals surface area contributed by atoms with E-state index in [1.54, 1.807) is 18.5 Å². The van der Waals surface area contributed by atoms with Gasteiger partial charge in [-0.2, -0.15) is 0 Å². The quantitative estimate of drug-likeness (QED) is 0.866. The number of ether oxygens (including phenoxy) is 1. The van der Waals surface area contributed by atoms with Crippen molar-refractivity contribution in [3.63, 3.8) is 0 Å². The molecule has 1 aromatic heterocycles. The normalized spacial score (nSPS) is 9.70. The van der Waals surface area contributed by atoms with Crippen LogP contribution in [-0.4, -0.2) is 18.1 Å². The molecule has 2 N–H and O–H groups in total. The Morgan fingerprint density at radius 2 is 2.00 bits per heavy atom. The Hall–Kier alpha value is -2.38. The van der Waals surface area contributed by atoms with Crippen molar-refractivity contribution in [1.29, 1.82) is 0 Å². The Morgan fingerprint density at radius 1 is 1.20 bits per heavy atom. The van der Waals surface area contributed by atoms with Crippen LogP contribution in [0.5, 0.6) is 5.75 Å². The summed E-state index contributed by atoms with van der Waals surface area (Å²) in [6.07, 6.45) is 4.19.